The maximum Gasteiger partial charge on any atom is 0.407 e. The molecule has 2 aromatic carbocycles. The number of carbonyl (C=O) groups is 2. The number of hydrogen-bond acceptors (Lipinski definition) is 4. The Kier molecular flexibility index (Phi) is 7.21. The second kappa shape index (κ2) is 10.3. The van der Waals surface area contributed by atoms with Crippen LogP contribution in [0, 0.1) is 5.92 Å². The number of methoxy groups -OCH3 is 1. The van der Waals surface area contributed by atoms with Crippen LogP contribution in [0.4, 0.5) is 4.79 Å². The molecular weight excluding hydrogens is 416 g/mol. The Morgan fingerprint density at radius 1 is 1.09 bits per heavy atom. The van der Waals surface area contributed by atoms with Gasteiger partial charge in [-0.1, -0.05) is 44.0 Å². The molecule has 176 valence electrons. The minimum absolute atomic E-state index is 0.0534. The van der Waals surface area contributed by atoms with Gasteiger partial charge in [0.1, 0.15) is 11.4 Å². The minimum atomic E-state index is -0.355. The lowest BCUT2D eigenvalue weighted by molar-refractivity contribution is -0.189. The molecule has 2 bridgehead atoms. The van der Waals surface area contributed by atoms with Gasteiger partial charge in [-0.25, -0.2) is 4.79 Å². The molecular formula is C27H34N2O4. The van der Waals surface area contributed by atoms with Crippen molar-refractivity contribution in [1.82, 2.24) is 10.6 Å². The SMILES string of the molecule is CCCCC(Cc1cccc(OC)c1)NC(=O)c1ccc(CNC(=O)OC23CC(C2)C3)cc1. The van der Waals surface area contributed by atoms with Gasteiger partial charge in [0.05, 0.1) is 7.11 Å². The molecule has 3 saturated carbocycles. The van der Waals surface area contributed by atoms with E-state index in [-0.39, 0.29) is 23.6 Å². The average Bonchev–Trinajstić information content (AvgIpc) is 2.78. The Balaban J connectivity index is 1.28. The fraction of sp³-hybridized carbons (Fsp3) is 0.481. The van der Waals surface area contributed by atoms with Gasteiger partial charge >= 0.3 is 6.09 Å². The van der Waals surface area contributed by atoms with Crippen molar-refractivity contribution in [3.63, 3.8) is 0 Å². The predicted molar refractivity (Wildman–Crippen MR) is 127 cm³/mol. The van der Waals surface area contributed by atoms with Gasteiger partial charge in [-0.15, -0.1) is 0 Å². The molecule has 0 saturated heterocycles. The summed E-state index contributed by atoms with van der Waals surface area (Å²) in [6.45, 7) is 2.54. The monoisotopic (exact) mass is 450 g/mol. The van der Waals surface area contributed by atoms with E-state index < -0.39 is 0 Å². The van der Waals surface area contributed by atoms with Crippen LogP contribution >= 0.6 is 0 Å². The molecule has 6 nitrogen and oxygen atoms in total. The highest BCUT2D eigenvalue weighted by atomic mass is 16.6. The summed E-state index contributed by atoms with van der Waals surface area (Å²) >= 11 is 0. The number of amides is 2. The van der Waals surface area contributed by atoms with Crippen LogP contribution in [0.25, 0.3) is 0 Å². The van der Waals surface area contributed by atoms with Crippen molar-refractivity contribution in [3.8, 4) is 5.75 Å². The van der Waals surface area contributed by atoms with E-state index in [1.165, 1.54) is 0 Å². The van der Waals surface area contributed by atoms with E-state index in [0.29, 0.717) is 12.1 Å². The molecule has 1 unspecified atom stereocenters. The molecule has 33 heavy (non-hydrogen) atoms. The van der Waals surface area contributed by atoms with Gasteiger partial charge < -0.3 is 20.1 Å². The second-order valence-corrected chi connectivity index (χ2v) is 9.47. The van der Waals surface area contributed by atoms with Gasteiger partial charge in [-0.05, 0) is 73.4 Å². The van der Waals surface area contributed by atoms with Crippen LogP contribution in [0.1, 0.15) is 66.9 Å². The molecule has 3 aliphatic rings. The Morgan fingerprint density at radius 2 is 1.85 bits per heavy atom. The Bertz CT molecular complexity index is 955. The number of ether oxygens (including phenoxy) is 2. The first kappa shape index (κ1) is 23.1. The first-order valence-electron chi connectivity index (χ1n) is 12.0. The standard InChI is InChI=1S/C27H34N2O4/c1-3-4-7-23(13-20-6-5-8-24(14-20)32-2)29-25(30)22-11-9-19(10-12-22)18-28-26(31)33-27-15-21(16-27)17-27/h5-6,8-12,14,21,23H,3-4,7,13,15-18H2,1-2H3,(H,28,31)(H,29,30). The molecule has 5 rings (SSSR count). The van der Waals surface area contributed by atoms with Crippen molar-refractivity contribution >= 4 is 12.0 Å². The van der Waals surface area contributed by atoms with Gasteiger partial charge in [0, 0.05) is 18.2 Å². The van der Waals surface area contributed by atoms with Crippen LogP contribution in [0.15, 0.2) is 48.5 Å². The number of alkyl carbamates (subject to hydrolysis) is 1. The van der Waals surface area contributed by atoms with Crippen molar-refractivity contribution < 1.29 is 19.1 Å². The fourth-order valence-electron chi connectivity index (χ4n) is 4.73. The number of benzene rings is 2. The molecule has 0 heterocycles. The summed E-state index contributed by atoms with van der Waals surface area (Å²) in [6, 6.07) is 15.4. The minimum Gasteiger partial charge on any atom is -0.497 e. The zero-order valence-corrected chi connectivity index (χ0v) is 19.6. The average molecular weight is 451 g/mol. The molecule has 0 spiro atoms. The zero-order chi connectivity index (χ0) is 23.3. The van der Waals surface area contributed by atoms with Crippen LogP contribution in [0.3, 0.4) is 0 Å². The summed E-state index contributed by atoms with van der Waals surface area (Å²) in [6.07, 6.45) is 6.50. The molecule has 3 fully saturated rings. The van der Waals surface area contributed by atoms with E-state index in [9.17, 15) is 9.59 Å². The summed E-state index contributed by atoms with van der Waals surface area (Å²) in [4.78, 5) is 24.9. The lowest BCUT2D eigenvalue weighted by Gasteiger charge is -2.59. The van der Waals surface area contributed by atoms with Gasteiger partial charge in [-0.3, -0.25) is 4.79 Å². The van der Waals surface area contributed by atoms with E-state index in [2.05, 4.69) is 23.6 Å². The van der Waals surface area contributed by atoms with Gasteiger partial charge in [-0.2, -0.15) is 0 Å². The Hall–Kier alpha value is -3.02. The van der Waals surface area contributed by atoms with E-state index in [1.807, 2.05) is 30.3 Å². The number of hydrogen-bond donors (Lipinski definition) is 2. The normalized spacial score (nSPS) is 21.2. The number of rotatable bonds is 11. The third kappa shape index (κ3) is 5.86. The van der Waals surface area contributed by atoms with Crippen LogP contribution in [0.2, 0.25) is 0 Å². The lowest BCUT2D eigenvalue weighted by atomic mass is 9.52. The summed E-state index contributed by atoms with van der Waals surface area (Å²) in [5.74, 6) is 1.51. The topological polar surface area (TPSA) is 76.7 Å². The van der Waals surface area contributed by atoms with Gasteiger partial charge in [0.25, 0.3) is 5.91 Å². The highest BCUT2D eigenvalue weighted by molar-refractivity contribution is 5.94. The van der Waals surface area contributed by atoms with Crippen LogP contribution in [-0.2, 0) is 17.7 Å². The molecule has 0 aliphatic heterocycles. The highest BCUT2D eigenvalue weighted by Gasteiger charge is 2.59. The number of unbranched alkanes of at least 4 members (excludes halogenated alkanes) is 1. The number of carbonyl (C=O) groups excluding carboxylic acids is 2. The summed E-state index contributed by atoms with van der Waals surface area (Å²) in [7, 11) is 1.66. The molecule has 2 amide bonds. The van der Waals surface area contributed by atoms with E-state index in [1.54, 1.807) is 19.2 Å². The van der Waals surface area contributed by atoms with E-state index in [0.717, 1.165) is 67.7 Å². The maximum absolute atomic E-state index is 12.9. The first-order chi connectivity index (χ1) is 16.0. The fourth-order valence-corrected chi connectivity index (χ4v) is 4.73. The van der Waals surface area contributed by atoms with Crippen LogP contribution in [0.5, 0.6) is 5.75 Å². The second-order valence-electron chi connectivity index (χ2n) is 9.47. The van der Waals surface area contributed by atoms with Crippen molar-refractivity contribution in [3.05, 3.63) is 65.2 Å². The summed E-state index contributed by atoms with van der Waals surface area (Å²) in [5.41, 5.74) is 2.51. The van der Waals surface area contributed by atoms with Gasteiger partial charge in [0.2, 0.25) is 0 Å². The lowest BCUT2D eigenvalue weighted by Crippen LogP contribution is -2.61. The molecule has 6 heteroatoms. The summed E-state index contributed by atoms with van der Waals surface area (Å²) in [5, 5.41) is 6.01. The largest absolute Gasteiger partial charge is 0.497 e. The predicted octanol–water partition coefficient (Wildman–Crippen LogP) is 5.01. The maximum atomic E-state index is 12.9. The van der Waals surface area contributed by atoms with Crippen molar-refractivity contribution in [2.75, 3.05) is 7.11 Å². The highest BCUT2D eigenvalue weighted by Crippen LogP contribution is 2.59. The Morgan fingerprint density at radius 3 is 2.48 bits per heavy atom. The molecule has 3 aliphatic carbocycles. The van der Waals surface area contributed by atoms with Crippen LogP contribution in [-0.4, -0.2) is 30.8 Å². The zero-order valence-electron chi connectivity index (χ0n) is 19.6. The van der Waals surface area contributed by atoms with Crippen LogP contribution < -0.4 is 15.4 Å². The molecule has 2 N–H and O–H groups in total. The molecule has 0 aromatic heterocycles. The molecule has 0 radical (unpaired) electrons. The number of nitrogens with one attached hydrogen (secondary N) is 2. The summed E-state index contributed by atoms with van der Waals surface area (Å²) < 4.78 is 10.9. The van der Waals surface area contributed by atoms with Gasteiger partial charge in [0.15, 0.2) is 0 Å². The Labute approximate surface area is 196 Å². The third-order valence-corrected chi connectivity index (χ3v) is 6.80. The van der Waals surface area contributed by atoms with E-state index >= 15 is 0 Å². The van der Waals surface area contributed by atoms with E-state index in [4.69, 9.17) is 9.47 Å². The van der Waals surface area contributed by atoms with Crippen molar-refractivity contribution in [2.24, 2.45) is 5.92 Å². The molecule has 2 aromatic rings. The smallest absolute Gasteiger partial charge is 0.407 e. The van der Waals surface area contributed by atoms with Crippen molar-refractivity contribution in [1.29, 1.82) is 0 Å². The molecule has 1 atom stereocenters. The quantitative estimate of drug-likeness (QED) is 0.505. The van der Waals surface area contributed by atoms with Crippen molar-refractivity contribution in [2.45, 2.75) is 70.1 Å². The third-order valence-electron chi connectivity index (χ3n) is 6.80. The first-order valence-corrected chi connectivity index (χ1v) is 12.0.